The molecular formula is C15H19Cl2FN4O. The summed E-state index contributed by atoms with van der Waals surface area (Å²) in [5, 5.41) is 0. The molecule has 2 atom stereocenters. The first kappa shape index (κ1) is 19.5. The van der Waals surface area contributed by atoms with E-state index in [2.05, 4.69) is 9.97 Å². The van der Waals surface area contributed by atoms with Crippen LogP contribution in [-0.2, 0) is 0 Å². The maximum absolute atomic E-state index is 13.7. The van der Waals surface area contributed by atoms with Gasteiger partial charge in [0.05, 0.1) is 11.1 Å². The minimum absolute atomic E-state index is 0. The molecule has 1 fully saturated rings. The number of nitrogens with two attached hydrogens (primary N) is 1. The lowest BCUT2D eigenvalue weighted by Gasteiger charge is -2.22. The van der Waals surface area contributed by atoms with Gasteiger partial charge in [0.25, 0.3) is 5.91 Å². The van der Waals surface area contributed by atoms with Crippen LogP contribution in [0.4, 0.5) is 4.39 Å². The topological polar surface area (TPSA) is 72.1 Å². The van der Waals surface area contributed by atoms with Gasteiger partial charge in [-0.25, -0.2) is 4.39 Å². The van der Waals surface area contributed by atoms with Crippen LogP contribution in [0.15, 0.2) is 24.5 Å². The smallest absolute Gasteiger partial charge is 0.256 e. The lowest BCUT2D eigenvalue weighted by atomic mass is 10.1. The number of benzene rings is 1. The first-order chi connectivity index (χ1) is 10.1. The summed E-state index contributed by atoms with van der Waals surface area (Å²) in [6.45, 7) is 3.15. The highest BCUT2D eigenvalue weighted by atomic mass is 35.5. The summed E-state index contributed by atoms with van der Waals surface area (Å²) < 4.78 is 13.7. The molecule has 2 aromatic rings. The van der Waals surface area contributed by atoms with Crippen LogP contribution in [0.2, 0.25) is 0 Å². The number of likely N-dealkylation sites (tertiary alicyclic amines) is 1. The Labute approximate surface area is 146 Å². The van der Waals surface area contributed by atoms with E-state index >= 15 is 0 Å². The van der Waals surface area contributed by atoms with Crippen LogP contribution in [-0.4, -0.2) is 39.9 Å². The quantitative estimate of drug-likeness (QED) is 0.892. The van der Waals surface area contributed by atoms with Gasteiger partial charge in [-0.3, -0.25) is 14.8 Å². The van der Waals surface area contributed by atoms with E-state index in [1.54, 1.807) is 4.90 Å². The third-order valence-corrected chi connectivity index (χ3v) is 4.02. The second-order valence-electron chi connectivity index (χ2n) is 5.52. The number of hydrogen-bond acceptors (Lipinski definition) is 4. The fourth-order valence-electron chi connectivity index (χ4n) is 2.95. The van der Waals surface area contributed by atoms with E-state index in [9.17, 15) is 9.18 Å². The van der Waals surface area contributed by atoms with Gasteiger partial charge in [0.2, 0.25) is 0 Å². The van der Waals surface area contributed by atoms with Crippen molar-refractivity contribution in [2.24, 2.45) is 11.7 Å². The summed E-state index contributed by atoms with van der Waals surface area (Å²) in [6.07, 6.45) is 3.87. The highest BCUT2D eigenvalue weighted by molar-refractivity contribution is 6.04. The number of nitrogens with zero attached hydrogens (tertiary/aromatic N) is 3. The van der Waals surface area contributed by atoms with E-state index in [0.717, 1.165) is 6.42 Å². The van der Waals surface area contributed by atoms with Gasteiger partial charge in [-0.2, -0.15) is 0 Å². The maximum Gasteiger partial charge on any atom is 0.256 e. The van der Waals surface area contributed by atoms with E-state index in [1.807, 2.05) is 6.92 Å². The van der Waals surface area contributed by atoms with Crippen LogP contribution in [0.5, 0.6) is 0 Å². The lowest BCUT2D eigenvalue weighted by Crippen LogP contribution is -2.34. The second kappa shape index (κ2) is 7.86. The number of amides is 1. The van der Waals surface area contributed by atoms with E-state index in [0.29, 0.717) is 30.0 Å². The minimum Gasteiger partial charge on any atom is -0.336 e. The third kappa shape index (κ3) is 3.71. The molecule has 2 N–H and O–H groups in total. The monoisotopic (exact) mass is 360 g/mol. The van der Waals surface area contributed by atoms with Gasteiger partial charge in [-0.05, 0) is 31.9 Å². The van der Waals surface area contributed by atoms with Crippen molar-refractivity contribution in [1.82, 2.24) is 14.9 Å². The highest BCUT2D eigenvalue weighted by Gasteiger charge is 2.33. The molecule has 0 radical (unpaired) electrons. The van der Waals surface area contributed by atoms with Crippen molar-refractivity contribution in [2.45, 2.75) is 19.4 Å². The van der Waals surface area contributed by atoms with E-state index in [4.69, 9.17) is 5.73 Å². The van der Waals surface area contributed by atoms with Crippen molar-refractivity contribution in [3.05, 3.63) is 35.9 Å². The van der Waals surface area contributed by atoms with Gasteiger partial charge in [-0.15, -0.1) is 24.8 Å². The largest absolute Gasteiger partial charge is 0.336 e. The summed E-state index contributed by atoms with van der Waals surface area (Å²) in [4.78, 5) is 22.7. The third-order valence-electron chi connectivity index (χ3n) is 4.02. The molecule has 0 saturated carbocycles. The van der Waals surface area contributed by atoms with E-state index in [1.165, 1.54) is 24.5 Å². The molecular weight excluding hydrogens is 342 g/mol. The molecule has 0 aliphatic carbocycles. The van der Waals surface area contributed by atoms with Gasteiger partial charge in [-0.1, -0.05) is 0 Å². The summed E-state index contributed by atoms with van der Waals surface area (Å²) in [7, 11) is 0. The molecule has 3 rings (SSSR count). The van der Waals surface area contributed by atoms with Gasteiger partial charge >= 0.3 is 0 Å². The Morgan fingerprint density at radius 2 is 2.04 bits per heavy atom. The van der Waals surface area contributed by atoms with Crippen LogP contribution < -0.4 is 5.73 Å². The van der Waals surface area contributed by atoms with Crippen molar-refractivity contribution in [3.63, 3.8) is 0 Å². The molecule has 23 heavy (non-hydrogen) atoms. The number of aromatic nitrogens is 2. The van der Waals surface area contributed by atoms with Gasteiger partial charge in [0, 0.05) is 31.0 Å². The standard InChI is InChI=1S/C15H17FN4O.2ClH/c1-9-4-10(7-17)8-20(9)15(21)12-5-11(16)6-13-14(12)19-3-2-18-13;;/h2-3,5-6,9-10H,4,7-8,17H2,1H3;2*1H. The predicted molar refractivity (Wildman–Crippen MR) is 91.7 cm³/mol. The molecule has 1 aromatic heterocycles. The number of halogens is 3. The van der Waals surface area contributed by atoms with Crippen LogP contribution >= 0.6 is 24.8 Å². The fourth-order valence-corrected chi connectivity index (χ4v) is 2.95. The van der Waals surface area contributed by atoms with Crippen molar-refractivity contribution in [2.75, 3.05) is 13.1 Å². The predicted octanol–water partition coefficient (Wildman–Crippen LogP) is 2.42. The van der Waals surface area contributed by atoms with Crippen molar-refractivity contribution in [3.8, 4) is 0 Å². The fraction of sp³-hybridized carbons (Fsp3) is 0.400. The van der Waals surface area contributed by atoms with Crippen molar-refractivity contribution >= 4 is 41.8 Å². The molecule has 126 valence electrons. The Morgan fingerprint density at radius 3 is 2.70 bits per heavy atom. The van der Waals surface area contributed by atoms with Crippen LogP contribution in [0.1, 0.15) is 23.7 Å². The minimum atomic E-state index is -0.478. The zero-order valence-electron chi connectivity index (χ0n) is 12.6. The molecule has 2 heterocycles. The first-order valence-corrected chi connectivity index (χ1v) is 7.01. The van der Waals surface area contributed by atoms with Gasteiger partial charge in [0.1, 0.15) is 11.3 Å². The summed E-state index contributed by atoms with van der Waals surface area (Å²) in [5.74, 6) is -0.383. The van der Waals surface area contributed by atoms with Crippen molar-refractivity contribution in [1.29, 1.82) is 0 Å². The van der Waals surface area contributed by atoms with Gasteiger partial charge in [0.15, 0.2) is 0 Å². The average Bonchev–Trinajstić information content (AvgIpc) is 2.86. The molecule has 1 aromatic carbocycles. The normalized spacial score (nSPS) is 20.0. The number of carbonyl (C=O) groups is 1. The lowest BCUT2D eigenvalue weighted by molar-refractivity contribution is 0.0744. The Hall–Kier alpha value is -1.50. The van der Waals surface area contributed by atoms with Crippen LogP contribution in [0.3, 0.4) is 0 Å². The second-order valence-corrected chi connectivity index (χ2v) is 5.52. The number of rotatable bonds is 2. The Kier molecular flexibility index (Phi) is 6.68. The molecule has 1 saturated heterocycles. The molecule has 2 unspecified atom stereocenters. The highest BCUT2D eigenvalue weighted by Crippen LogP contribution is 2.26. The molecule has 0 bridgehead atoms. The molecule has 5 nitrogen and oxygen atoms in total. The van der Waals surface area contributed by atoms with Gasteiger partial charge < -0.3 is 10.6 Å². The van der Waals surface area contributed by atoms with Crippen LogP contribution in [0.25, 0.3) is 11.0 Å². The van der Waals surface area contributed by atoms with Crippen LogP contribution in [0, 0.1) is 11.7 Å². The Morgan fingerprint density at radius 1 is 1.35 bits per heavy atom. The molecule has 1 aliphatic heterocycles. The number of fused-ring (bicyclic) bond motifs is 1. The summed E-state index contributed by atoms with van der Waals surface area (Å²) in [6, 6.07) is 2.62. The maximum atomic E-state index is 13.7. The Balaban J connectivity index is 0.00000132. The zero-order chi connectivity index (χ0) is 15.0. The number of carbonyl (C=O) groups excluding carboxylic acids is 1. The molecule has 0 spiro atoms. The SMILES string of the molecule is CC1CC(CN)CN1C(=O)c1cc(F)cc2nccnc12.Cl.Cl. The Bertz CT molecular complexity index is 700. The van der Waals surface area contributed by atoms with E-state index < -0.39 is 5.82 Å². The van der Waals surface area contributed by atoms with E-state index in [-0.39, 0.29) is 42.3 Å². The van der Waals surface area contributed by atoms with Crippen molar-refractivity contribution < 1.29 is 9.18 Å². The average molecular weight is 361 g/mol. The zero-order valence-corrected chi connectivity index (χ0v) is 14.2. The summed E-state index contributed by atoms with van der Waals surface area (Å²) in [5.41, 5.74) is 6.79. The number of hydrogen-bond donors (Lipinski definition) is 1. The molecule has 8 heteroatoms. The summed E-state index contributed by atoms with van der Waals surface area (Å²) >= 11 is 0. The first-order valence-electron chi connectivity index (χ1n) is 7.01. The molecule has 1 aliphatic rings. The molecule has 1 amide bonds.